The largest absolute Gasteiger partial charge is 0.484 e. The van der Waals surface area contributed by atoms with Crippen LogP contribution in [0.4, 0.5) is 0 Å². The third-order valence-corrected chi connectivity index (χ3v) is 7.35. The van der Waals surface area contributed by atoms with E-state index in [0.717, 1.165) is 23.1 Å². The first kappa shape index (κ1) is 17.8. The maximum Gasteiger partial charge on any atom is 0.336 e. The Labute approximate surface area is 164 Å². The summed E-state index contributed by atoms with van der Waals surface area (Å²) in [5.41, 5.74) is 0.357. The highest BCUT2D eigenvalue weighted by Gasteiger charge is 2.53. The molecule has 0 saturated heterocycles. The average molecular weight is 381 g/mol. The number of fused-ring (bicyclic) bond motifs is 1. The van der Waals surface area contributed by atoms with Crippen LogP contribution in [-0.2, 0) is 4.79 Å². The van der Waals surface area contributed by atoms with Crippen molar-refractivity contribution in [1.82, 2.24) is 5.32 Å². The first-order valence-electron chi connectivity index (χ1n) is 10.5. The van der Waals surface area contributed by atoms with Gasteiger partial charge < -0.3 is 14.5 Å². The van der Waals surface area contributed by atoms with Crippen LogP contribution in [0.25, 0.3) is 11.0 Å². The third-order valence-electron chi connectivity index (χ3n) is 7.35. The minimum absolute atomic E-state index is 0.0285. The molecule has 6 rings (SSSR count). The third kappa shape index (κ3) is 3.21. The molecule has 1 amide bonds. The molecule has 0 radical (unpaired) electrons. The van der Waals surface area contributed by atoms with Crippen molar-refractivity contribution < 1.29 is 13.9 Å². The van der Waals surface area contributed by atoms with Crippen molar-refractivity contribution in [3.05, 3.63) is 40.8 Å². The van der Waals surface area contributed by atoms with Crippen LogP contribution >= 0.6 is 0 Å². The van der Waals surface area contributed by atoms with Crippen LogP contribution in [0.1, 0.15) is 45.4 Å². The zero-order valence-corrected chi connectivity index (χ0v) is 16.3. The molecule has 4 bridgehead atoms. The Bertz CT molecular complexity index is 927. The van der Waals surface area contributed by atoms with E-state index in [2.05, 4.69) is 12.2 Å². The molecule has 5 nitrogen and oxygen atoms in total. The summed E-state index contributed by atoms with van der Waals surface area (Å²) in [6.07, 6.45) is 8.02. The molecule has 0 aliphatic heterocycles. The highest BCUT2D eigenvalue weighted by atomic mass is 16.5. The van der Waals surface area contributed by atoms with Gasteiger partial charge in [0.15, 0.2) is 6.61 Å². The van der Waals surface area contributed by atoms with Crippen molar-refractivity contribution in [2.24, 2.45) is 23.2 Å². The number of benzene rings is 1. The first-order chi connectivity index (χ1) is 13.5. The Kier molecular flexibility index (Phi) is 4.22. The van der Waals surface area contributed by atoms with E-state index in [1.165, 1.54) is 44.6 Å². The Balaban J connectivity index is 1.21. The summed E-state index contributed by atoms with van der Waals surface area (Å²) in [5.74, 6) is 3.05. The van der Waals surface area contributed by atoms with Crippen LogP contribution < -0.4 is 15.7 Å². The predicted molar refractivity (Wildman–Crippen MR) is 106 cm³/mol. The quantitative estimate of drug-likeness (QED) is 0.798. The van der Waals surface area contributed by atoms with Gasteiger partial charge >= 0.3 is 5.63 Å². The molecule has 4 aliphatic rings. The highest BCUT2D eigenvalue weighted by molar-refractivity contribution is 5.79. The summed E-state index contributed by atoms with van der Waals surface area (Å²) in [6.45, 7) is 2.15. The molecular formula is C23H27NO4. The van der Waals surface area contributed by atoms with Gasteiger partial charge in [0.25, 0.3) is 5.91 Å². The minimum atomic E-state index is -0.396. The maximum absolute atomic E-state index is 12.5. The summed E-state index contributed by atoms with van der Waals surface area (Å²) in [6, 6.07) is 8.56. The van der Waals surface area contributed by atoms with Crippen LogP contribution in [0.15, 0.2) is 39.5 Å². The van der Waals surface area contributed by atoms with E-state index in [0.29, 0.717) is 11.3 Å². The molecule has 1 N–H and O–H groups in total. The van der Waals surface area contributed by atoms with Crippen LogP contribution in [-0.4, -0.2) is 18.6 Å². The van der Waals surface area contributed by atoms with Crippen LogP contribution in [0.2, 0.25) is 0 Å². The lowest BCUT2D eigenvalue weighted by molar-refractivity contribution is -0.127. The Morgan fingerprint density at radius 2 is 1.79 bits per heavy atom. The second kappa shape index (κ2) is 6.64. The van der Waals surface area contributed by atoms with Crippen molar-refractivity contribution in [2.75, 3.05) is 6.61 Å². The van der Waals surface area contributed by atoms with Gasteiger partial charge in [0.05, 0.1) is 0 Å². The van der Waals surface area contributed by atoms with Gasteiger partial charge in [0.2, 0.25) is 0 Å². The molecule has 2 aromatic rings. The molecule has 4 fully saturated rings. The summed E-state index contributed by atoms with van der Waals surface area (Å²) in [4.78, 5) is 23.9. The fourth-order valence-electron chi connectivity index (χ4n) is 6.42. The minimum Gasteiger partial charge on any atom is -0.484 e. The van der Waals surface area contributed by atoms with Crippen molar-refractivity contribution >= 4 is 16.9 Å². The van der Waals surface area contributed by atoms with Gasteiger partial charge in [-0.3, -0.25) is 4.79 Å². The van der Waals surface area contributed by atoms with Gasteiger partial charge in [-0.1, -0.05) is 0 Å². The maximum atomic E-state index is 12.5. The number of amides is 1. The smallest absolute Gasteiger partial charge is 0.336 e. The molecule has 0 unspecified atom stereocenters. The van der Waals surface area contributed by atoms with Crippen LogP contribution in [0, 0.1) is 23.2 Å². The zero-order valence-electron chi connectivity index (χ0n) is 16.3. The summed E-state index contributed by atoms with van der Waals surface area (Å²) in [5, 5.41) is 4.04. The van der Waals surface area contributed by atoms with Gasteiger partial charge in [0.1, 0.15) is 11.3 Å². The number of hydrogen-bond donors (Lipinski definition) is 1. The molecule has 4 aliphatic carbocycles. The number of ether oxygens (including phenoxy) is 1. The molecule has 4 saturated carbocycles. The summed E-state index contributed by atoms with van der Waals surface area (Å²) in [7, 11) is 0. The number of nitrogens with one attached hydrogen (secondary N) is 1. The van der Waals surface area contributed by atoms with E-state index in [4.69, 9.17) is 9.15 Å². The fraction of sp³-hybridized carbons (Fsp3) is 0.565. The second-order valence-corrected chi connectivity index (χ2v) is 9.31. The molecule has 5 heteroatoms. The molecular weight excluding hydrogens is 354 g/mol. The number of hydrogen-bond acceptors (Lipinski definition) is 4. The predicted octanol–water partition coefficient (Wildman–Crippen LogP) is 3.89. The van der Waals surface area contributed by atoms with Crippen molar-refractivity contribution in [2.45, 2.75) is 51.5 Å². The lowest BCUT2D eigenvalue weighted by Crippen LogP contribution is -2.56. The van der Waals surface area contributed by atoms with E-state index in [1.807, 2.05) is 6.07 Å². The lowest BCUT2D eigenvalue weighted by Gasteiger charge is -2.59. The Morgan fingerprint density at radius 1 is 1.14 bits per heavy atom. The SMILES string of the molecule is C[C@@H](NC(=O)COc1ccc2ccc(=O)oc2c1)C12CC3CC(CC(C3)C1)C2. The molecule has 28 heavy (non-hydrogen) atoms. The normalized spacial score (nSPS) is 31.7. The van der Waals surface area contributed by atoms with Gasteiger partial charge in [-0.15, -0.1) is 0 Å². The number of rotatable bonds is 5. The van der Waals surface area contributed by atoms with Crippen LogP contribution in [0.5, 0.6) is 5.75 Å². The van der Waals surface area contributed by atoms with Gasteiger partial charge in [0, 0.05) is 23.6 Å². The zero-order chi connectivity index (χ0) is 19.3. The summed E-state index contributed by atoms with van der Waals surface area (Å²) < 4.78 is 10.8. The van der Waals surface area contributed by atoms with Gasteiger partial charge in [-0.25, -0.2) is 4.79 Å². The molecule has 148 valence electrons. The molecule has 1 aromatic heterocycles. The molecule has 0 spiro atoms. The number of carbonyl (C=O) groups excluding carboxylic acids is 1. The molecule has 1 aromatic carbocycles. The standard InChI is InChI=1S/C23H27NO4/c1-14(23-10-15-6-16(11-23)8-17(7-15)12-23)24-21(25)13-27-19-4-2-18-3-5-22(26)28-20(18)9-19/h2-5,9,14-17H,6-8,10-13H2,1H3,(H,24,25)/t14-,15?,16?,17?,23?/m1/s1. The fourth-order valence-corrected chi connectivity index (χ4v) is 6.42. The topological polar surface area (TPSA) is 68.5 Å². The van der Waals surface area contributed by atoms with Gasteiger partial charge in [-0.05, 0) is 86.8 Å². The van der Waals surface area contributed by atoms with Crippen molar-refractivity contribution in [3.63, 3.8) is 0 Å². The average Bonchev–Trinajstić information content (AvgIpc) is 2.65. The Morgan fingerprint density at radius 3 is 2.46 bits per heavy atom. The van der Waals surface area contributed by atoms with Crippen molar-refractivity contribution in [1.29, 1.82) is 0 Å². The number of carbonyl (C=O) groups is 1. The van der Waals surface area contributed by atoms with E-state index >= 15 is 0 Å². The van der Waals surface area contributed by atoms with E-state index < -0.39 is 5.63 Å². The Hall–Kier alpha value is -2.30. The monoisotopic (exact) mass is 381 g/mol. The van der Waals surface area contributed by atoms with Crippen LogP contribution in [0.3, 0.4) is 0 Å². The van der Waals surface area contributed by atoms with E-state index in [9.17, 15) is 9.59 Å². The molecule has 1 heterocycles. The first-order valence-corrected chi connectivity index (χ1v) is 10.5. The van der Waals surface area contributed by atoms with Crippen molar-refractivity contribution in [3.8, 4) is 5.75 Å². The molecule has 1 atom stereocenters. The van der Waals surface area contributed by atoms with E-state index in [-0.39, 0.29) is 24.0 Å². The summed E-state index contributed by atoms with van der Waals surface area (Å²) >= 11 is 0. The van der Waals surface area contributed by atoms with Gasteiger partial charge in [-0.2, -0.15) is 0 Å². The lowest BCUT2D eigenvalue weighted by atomic mass is 9.48. The second-order valence-electron chi connectivity index (χ2n) is 9.31. The highest BCUT2D eigenvalue weighted by Crippen LogP contribution is 2.61. The van der Waals surface area contributed by atoms with E-state index in [1.54, 1.807) is 18.2 Å².